The first-order chi connectivity index (χ1) is 30.4. The molecular formula is C48H45N5O9S2. The summed E-state index contributed by atoms with van der Waals surface area (Å²) in [4.78, 5) is 24.5. The number of esters is 1. The summed E-state index contributed by atoms with van der Waals surface area (Å²) >= 11 is 0. The number of phenolic OH excluding ortho intramolecular Hbond substituents is 1. The Bertz CT molecular complexity index is 2940. The number of aromatic hydroxyl groups is 1. The normalized spacial score (nSPS) is 12.2. The number of nitrogen functional groups attached to an aromatic ring is 2. The first kappa shape index (κ1) is 44.7. The molecule has 328 valence electrons. The van der Waals surface area contributed by atoms with Crippen LogP contribution in [0.2, 0.25) is 0 Å². The summed E-state index contributed by atoms with van der Waals surface area (Å²) in [6.07, 6.45) is 0. The number of nitrogens with one attached hydrogen (secondary N) is 2. The van der Waals surface area contributed by atoms with Crippen LogP contribution in [0.1, 0.15) is 49.7 Å². The Labute approximate surface area is 369 Å². The number of ether oxygens (including phenoxy) is 1. The van der Waals surface area contributed by atoms with Crippen molar-refractivity contribution < 1.29 is 41.2 Å². The van der Waals surface area contributed by atoms with Gasteiger partial charge in [0.1, 0.15) is 11.5 Å². The largest absolute Gasteiger partial charge is 0.507 e. The van der Waals surface area contributed by atoms with E-state index < -0.39 is 58.6 Å². The van der Waals surface area contributed by atoms with E-state index in [1.807, 2.05) is 60.7 Å². The van der Waals surface area contributed by atoms with Gasteiger partial charge in [0, 0.05) is 53.4 Å². The van der Waals surface area contributed by atoms with Crippen LogP contribution in [0, 0.1) is 0 Å². The molecule has 0 fully saturated rings. The molecule has 16 heteroatoms. The average Bonchev–Trinajstić information content (AvgIpc) is 3.26. The second-order valence-corrected chi connectivity index (χ2v) is 19.5. The van der Waals surface area contributed by atoms with Gasteiger partial charge >= 0.3 is 5.97 Å². The van der Waals surface area contributed by atoms with Crippen molar-refractivity contribution in [1.82, 2.24) is 0 Å². The van der Waals surface area contributed by atoms with Crippen molar-refractivity contribution in [2.45, 2.75) is 28.8 Å². The highest BCUT2D eigenvalue weighted by Gasteiger charge is 2.35. The van der Waals surface area contributed by atoms with Crippen LogP contribution in [0.4, 0.5) is 22.7 Å². The van der Waals surface area contributed by atoms with E-state index in [2.05, 4.69) is 10.6 Å². The summed E-state index contributed by atoms with van der Waals surface area (Å²) in [6.45, 7) is 0.974. The fraction of sp³-hybridized carbons (Fsp3) is 0.0833. The van der Waals surface area contributed by atoms with E-state index in [9.17, 15) is 36.4 Å². The van der Waals surface area contributed by atoms with Crippen LogP contribution in [-0.2, 0) is 37.5 Å². The predicted molar refractivity (Wildman–Crippen MR) is 248 cm³/mol. The van der Waals surface area contributed by atoms with Gasteiger partial charge in [0.2, 0.25) is 0 Å². The number of hydrogen-bond acceptors (Lipinski definition) is 11. The summed E-state index contributed by atoms with van der Waals surface area (Å²) < 4.78 is 68.2. The molecule has 14 nitrogen and oxygen atoms in total. The third kappa shape index (κ3) is 10.5. The fourth-order valence-electron chi connectivity index (χ4n) is 7.23. The maximum atomic E-state index is 14.2. The van der Waals surface area contributed by atoms with Gasteiger partial charge in [0.05, 0.1) is 15.4 Å². The van der Waals surface area contributed by atoms with Crippen molar-refractivity contribution in [3.05, 3.63) is 203 Å². The zero-order valence-corrected chi connectivity index (χ0v) is 35.8. The molecule has 0 aliphatic rings. The van der Waals surface area contributed by atoms with Gasteiger partial charge in [-0.2, -0.15) is 12.6 Å². The van der Waals surface area contributed by atoms with Gasteiger partial charge in [-0.3, -0.25) is 13.9 Å². The molecule has 0 aromatic heterocycles. The fourth-order valence-corrected chi connectivity index (χ4v) is 9.47. The van der Waals surface area contributed by atoms with Gasteiger partial charge < -0.3 is 31.9 Å². The summed E-state index contributed by atoms with van der Waals surface area (Å²) in [6, 6.07) is 44.2. The third-order valence-corrected chi connectivity index (χ3v) is 13.4. The van der Waals surface area contributed by atoms with E-state index in [1.165, 1.54) is 18.2 Å². The Morgan fingerprint density at radius 2 is 1.16 bits per heavy atom. The minimum absolute atomic E-state index is 0.0778. The van der Waals surface area contributed by atoms with Gasteiger partial charge in [0.15, 0.2) is 11.5 Å². The maximum Gasteiger partial charge on any atom is 0.331 e. The van der Waals surface area contributed by atoms with Crippen molar-refractivity contribution in [3.8, 4) is 11.5 Å². The highest BCUT2D eigenvalue weighted by molar-refractivity contribution is 8.13. The Kier molecular flexibility index (Phi) is 12.7. The number of ketones is 1. The lowest BCUT2D eigenvalue weighted by atomic mass is 9.83. The van der Waals surface area contributed by atoms with Crippen molar-refractivity contribution >= 4 is 54.2 Å². The van der Waals surface area contributed by atoms with Crippen LogP contribution in [0.5, 0.6) is 11.5 Å². The number of carbonyl (C=O) groups is 2. The quantitative estimate of drug-likeness (QED) is 0.0116. The van der Waals surface area contributed by atoms with E-state index in [0.29, 0.717) is 41.2 Å². The molecule has 7 rings (SSSR count). The molecule has 0 aliphatic carbocycles. The second kappa shape index (κ2) is 18.2. The van der Waals surface area contributed by atoms with Gasteiger partial charge in [-0.15, -0.1) is 9.53 Å². The van der Waals surface area contributed by atoms with Crippen LogP contribution in [0.15, 0.2) is 174 Å². The van der Waals surface area contributed by atoms with Gasteiger partial charge in [0.25, 0.3) is 10.1 Å². The first-order valence-electron chi connectivity index (χ1n) is 19.7. The topological polar surface area (TPSA) is 257 Å². The second-order valence-electron chi connectivity index (χ2n) is 15.1. The number of anilines is 4. The third-order valence-electron chi connectivity index (χ3n) is 10.4. The maximum absolute atomic E-state index is 14.2. The summed E-state index contributed by atoms with van der Waals surface area (Å²) in [7, 11) is -11.0. The number of benzene rings is 7. The predicted octanol–water partition coefficient (Wildman–Crippen LogP) is 7.57. The lowest BCUT2D eigenvalue weighted by Gasteiger charge is -2.38. The number of phenols is 1. The smallest absolute Gasteiger partial charge is 0.331 e. The lowest BCUT2D eigenvalue weighted by molar-refractivity contribution is -0.131. The standard InChI is InChI=1S/C48H45N5O9S2/c49-42-24-34(52-28-31-10-4-1-5-11-31)16-20-38(42)47(39-21-17-35(25-43(39)50)53-29-32-12-6-2-7-13-32)41-23-19-37(27-45(41)63(57,58)59)64(51,60,61)30-46(55)62-36-18-22-40(44(54)26-36)48(56)33-14-8-3-9-15-33/h1-27,47,52-54H,28-30,49-50H2,(H3,51,60,61)(H,57,58,59). The molecule has 0 atom stereocenters. The molecule has 0 bridgehead atoms. The number of nitrogens with two attached hydrogens (primary N) is 3. The highest BCUT2D eigenvalue weighted by atomic mass is 32.3. The van der Waals surface area contributed by atoms with E-state index in [0.717, 1.165) is 29.3 Å². The number of carbonyl (C=O) groups excluding carboxylic acids is 2. The molecule has 0 heterocycles. The molecule has 7 aromatic carbocycles. The van der Waals surface area contributed by atoms with Gasteiger partial charge in [-0.1, -0.05) is 109 Å². The van der Waals surface area contributed by atoms with Gasteiger partial charge in [-0.25, -0.2) is 9.93 Å². The average molecular weight is 900 g/mol. The molecule has 0 spiro atoms. The molecule has 0 unspecified atom stereocenters. The summed E-state index contributed by atoms with van der Waals surface area (Å²) in [5.74, 6) is -5.08. The van der Waals surface area contributed by atoms with Crippen LogP contribution in [-0.4, -0.2) is 44.3 Å². The van der Waals surface area contributed by atoms with Crippen molar-refractivity contribution in [1.29, 1.82) is 0 Å². The molecule has 0 radical (unpaired) electrons. The summed E-state index contributed by atoms with van der Waals surface area (Å²) in [5.41, 5.74) is 18.2. The Hall–Kier alpha value is -7.34. The van der Waals surface area contributed by atoms with Crippen LogP contribution < -0.4 is 32.0 Å². The van der Waals surface area contributed by atoms with Crippen molar-refractivity contribution in [2.75, 3.05) is 27.9 Å². The zero-order valence-electron chi connectivity index (χ0n) is 34.1. The van der Waals surface area contributed by atoms with E-state index in [4.69, 9.17) is 21.3 Å². The monoisotopic (exact) mass is 899 g/mol. The Morgan fingerprint density at radius 3 is 1.64 bits per heavy atom. The van der Waals surface area contributed by atoms with Crippen molar-refractivity contribution in [2.24, 2.45) is 5.14 Å². The molecule has 11 N–H and O–H groups in total. The highest BCUT2D eigenvalue weighted by Crippen LogP contribution is 2.43. The number of rotatable bonds is 16. The molecule has 0 aliphatic heterocycles. The Balaban J connectivity index is 1.22. The van der Waals surface area contributed by atoms with E-state index >= 15 is 0 Å². The molecule has 0 amide bonds. The molecular weight excluding hydrogens is 855 g/mol. The van der Waals surface area contributed by atoms with Crippen LogP contribution in [0.25, 0.3) is 0 Å². The minimum atomic E-state index is -5.79. The van der Waals surface area contributed by atoms with Crippen LogP contribution in [0.3, 0.4) is 0 Å². The zero-order chi connectivity index (χ0) is 45.7. The summed E-state index contributed by atoms with van der Waals surface area (Å²) in [5, 5.41) is 23.3. The van der Waals surface area contributed by atoms with Crippen molar-refractivity contribution in [3.63, 3.8) is 0 Å². The van der Waals surface area contributed by atoms with E-state index in [-0.39, 0.29) is 28.3 Å². The Morgan fingerprint density at radius 1 is 0.656 bits per heavy atom. The molecule has 64 heavy (non-hydrogen) atoms. The SMILES string of the molecule is Nc1cc(NCc2ccccc2)ccc1C(c1ccc(NCc2ccccc2)cc1N)c1ccc(S(N)(=O)(O)CC(=O)Oc2ccc(C(=O)c3ccccc3)c(O)c2)cc1S(=O)(=O)O. The van der Waals surface area contributed by atoms with Crippen LogP contribution >= 0.6 is 0 Å². The lowest BCUT2D eigenvalue weighted by Crippen LogP contribution is -2.49. The molecule has 7 aromatic rings. The molecule has 0 saturated heterocycles. The van der Waals surface area contributed by atoms with E-state index in [1.54, 1.807) is 66.7 Å². The first-order valence-corrected chi connectivity index (χ1v) is 23.3. The minimum Gasteiger partial charge on any atom is -0.507 e. The number of hydrogen-bond donors (Lipinski definition) is 8. The molecule has 0 saturated carbocycles. The van der Waals surface area contributed by atoms with Gasteiger partial charge in [-0.05, 0) is 76.3 Å².